The first-order valence-corrected chi connectivity index (χ1v) is 9.48. The minimum Gasteiger partial charge on any atom is -0.495 e. The van der Waals surface area contributed by atoms with E-state index >= 15 is 0 Å². The van der Waals surface area contributed by atoms with Crippen LogP contribution in [0.1, 0.15) is 19.8 Å². The van der Waals surface area contributed by atoms with E-state index in [0.717, 1.165) is 0 Å². The quantitative estimate of drug-likeness (QED) is 0.760. The number of hydrogen-bond acceptors (Lipinski definition) is 4. The number of para-hydroxylation sites is 1. The van der Waals surface area contributed by atoms with Gasteiger partial charge in [0.25, 0.3) is 10.0 Å². The topological polar surface area (TPSA) is 84.5 Å². The standard InChI is InChI=1S/C17H19ClN2O4S/c1-3-6-17(21)19-12-9-10-15(24-2)16(11-12)25(22,23)20-14-8-5-4-7-13(14)18/h4-5,7-11,20H,3,6H2,1-2H3,(H,19,21). The lowest BCUT2D eigenvalue weighted by atomic mass is 10.2. The van der Waals surface area contributed by atoms with E-state index in [0.29, 0.717) is 18.5 Å². The van der Waals surface area contributed by atoms with Gasteiger partial charge in [0.15, 0.2) is 0 Å². The third-order valence-corrected chi connectivity index (χ3v) is 5.05. The summed E-state index contributed by atoms with van der Waals surface area (Å²) in [4.78, 5) is 11.6. The molecule has 0 saturated carbocycles. The largest absolute Gasteiger partial charge is 0.495 e. The number of nitrogens with one attached hydrogen (secondary N) is 2. The van der Waals surface area contributed by atoms with Gasteiger partial charge >= 0.3 is 0 Å². The molecule has 0 aliphatic heterocycles. The Morgan fingerprint density at radius 2 is 1.92 bits per heavy atom. The lowest BCUT2D eigenvalue weighted by Gasteiger charge is -2.14. The molecule has 0 fully saturated rings. The fourth-order valence-corrected chi connectivity index (χ4v) is 3.67. The molecule has 0 atom stereocenters. The molecule has 2 N–H and O–H groups in total. The number of amides is 1. The molecule has 0 heterocycles. The van der Waals surface area contributed by atoms with Crippen molar-refractivity contribution in [1.29, 1.82) is 0 Å². The van der Waals surface area contributed by atoms with Crippen molar-refractivity contribution in [3.8, 4) is 5.75 Å². The van der Waals surface area contributed by atoms with Crippen LogP contribution in [0.4, 0.5) is 11.4 Å². The molecule has 6 nitrogen and oxygen atoms in total. The molecule has 0 bridgehead atoms. The summed E-state index contributed by atoms with van der Waals surface area (Å²) in [6.45, 7) is 1.89. The highest BCUT2D eigenvalue weighted by molar-refractivity contribution is 7.92. The van der Waals surface area contributed by atoms with Gasteiger partial charge in [-0.3, -0.25) is 9.52 Å². The molecule has 0 aromatic heterocycles. The number of methoxy groups -OCH3 is 1. The van der Waals surface area contributed by atoms with Crippen molar-refractivity contribution in [3.05, 3.63) is 47.5 Å². The second-order valence-electron chi connectivity index (χ2n) is 5.25. The highest BCUT2D eigenvalue weighted by Crippen LogP contribution is 2.30. The van der Waals surface area contributed by atoms with Crippen molar-refractivity contribution in [2.75, 3.05) is 17.1 Å². The van der Waals surface area contributed by atoms with Gasteiger partial charge in [-0.2, -0.15) is 0 Å². The third kappa shape index (κ3) is 4.87. The SMILES string of the molecule is CCCC(=O)Nc1ccc(OC)c(S(=O)(=O)Nc2ccccc2Cl)c1. The van der Waals surface area contributed by atoms with Gasteiger partial charge in [-0.25, -0.2) is 8.42 Å². The number of carbonyl (C=O) groups excluding carboxylic acids is 1. The van der Waals surface area contributed by atoms with Gasteiger partial charge in [0.05, 0.1) is 17.8 Å². The Bertz CT molecular complexity index is 869. The molecular weight excluding hydrogens is 364 g/mol. The maximum atomic E-state index is 12.7. The number of ether oxygens (including phenoxy) is 1. The molecule has 1 amide bonds. The number of benzene rings is 2. The molecule has 0 aliphatic rings. The molecule has 2 aromatic rings. The molecular formula is C17H19ClN2O4S. The van der Waals surface area contributed by atoms with Crippen LogP contribution in [-0.4, -0.2) is 21.4 Å². The zero-order valence-corrected chi connectivity index (χ0v) is 15.4. The van der Waals surface area contributed by atoms with E-state index in [9.17, 15) is 13.2 Å². The molecule has 0 aliphatic carbocycles. The van der Waals surface area contributed by atoms with Crippen LogP contribution in [0.15, 0.2) is 47.4 Å². The zero-order chi connectivity index (χ0) is 18.4. The Hall–Kier alpha value is -2.25. The van der Waals surface area contributed by atoms with Crippen molar-refractivity contribution < 1.29 is 17.9 Å². The van der Waals surface area contributed by atoms with Crippen molar-refractivity contribution in [2.24, 2.45) is 0 Å². The first-order chi connectivity index (χ1) is 11.9. The maximum absolute atomic E-state index is 12.7. The maximum Gasteiger partial charge on any atom is 0.265 e. The van der Waals surface area contributed by atoms with Crippen LogP contribution in [-0.2, 0) is 14.8 Å². The molecule has 0 unspecified atom stereocenters. The number of anilines is 2. The molecule has 0 spiro atoms. The van der Waals surface area contributed by atoms with E-state index in [1.807, 2.05) is 6.92 Å². The molecule has 2 aromatic carbocycles. The summed E-state index contributed by atoms with van der Waals surface area (Å²) in [6.07, 6.45) is 1.05. The Morgan fingerprint density at radius 1 is 1.20 bits per heavy atom. The van der Waals surface area contributed by atoms with Crippen LogP contribution in [0, 0.1) is 0 Å². The van der Waals surface area contributed by atoms with Crippen LogP contribution in [0.3, 0.4) is 0 Å². The van der Waals surface area contributed by atoms with Gasteiger partial charge in [-0.05, 0) is 36.8 Å². The summed E-state index contributed by atoms with van der Waals surface area (Å²) in [7, 11) is -2.59. The van der Waals surface area contributed by atoms with Crippen LogP contribution in [0.25, 0.3) is 0 Å². The molecule has 2 rings (SSSR count). The molecule has 0 saturated heterocycles. The van der Waals surface area contributed by atoms with Gasteiger partial charge in [0, 0.05) is 12.1 Å². The number of rotatable bonds is 7. The summed E-state index contributed by atoms with van der Waals surface area (Å²) < 4.78 is 33.0. The first kappa shape index (κ1) is 19.1. The summed E-state index contributed by atoms with van der Waals surface area (Å²) in [6, 6.07) is 10.9. The van der Waals surface area contributed by atoms with Gasteiger partial charge in [0.2, 0.25) is 5.91 Å². The minimum absolute atomic E-state index is 0.0933. The van der Waals surface area contributed by atoms with Crippen molar-refractivity contribution in [3.63, 3.8) is 0 Å². The van der Waals surface area contributed by atoms with Crippen molar-refractivity contribution in [2.45, 2.75) is 24.7 Å². The summed E-state index contributed by atoms with van der Waals surface area (Å²) >= 11 is 6.01. The van der Waals surface area contributed by atoms with E-state index < -0.39 is 10.0 Å². The zero-order valence-electron chi connectivity index (χ0n) is 13.9. The predicted octanol–water partition coefficient (Wildman–Crippen LogP) is 3.89. The number of sulfonamides is 1. The average molecular weight is 383 g/mol. The average Bonchev–Trinajstić information content (AvgIpc) is 2.57. The minimum atomic E-state index is -3.96. The van der Waals surface area contributed by atoms with Crippen LogP contribution < -0.4 is 14.8 Å². The van der Waals surface area contributed by atoms with E-state index in [2.05, 4.69) is 10.0 Å². The van der Waals surface area contributed by atoms with Gasteiger partial charge in [-0.15, -0.1) is 0 Å². The fraction of sp³-hybridized carbons (Fsp3) is 0.235. The Labute approximate surface area is 152 Å². The van der Waals surface area contributed by atoms with Crippen LogP contribution in [0.5, 0.6) is 5.75 Å². The smallest absolute Gasteiger partial charge is 0.265 e. The van der Waals surface area contributed by atoms with Gasteiger partial charge < -0.3 is 10.1 Å². The normalized spacial score (nSPS) is 11.0. The number of hydrogen-bond donors (Lipinski definition) is 2. The van der Waals surface area contributed by atoms with Crippen LogP contribution in [0.2, 0.25) is 5.02 Å². The highest BCUT2D eigenvalue weighted by atomic mass is 35.5. The monoisotopic (exact) mass is 382 g/mol. The second kappa shape index (κ2) is 8.22. The van der Waals surface area contributed by atoms with Gasteiger partial charge in [0.1, 0.15) is 10.6 Å². The number of carbonyl (C=O) groups is 1. The van der Waals surface area contributed by atoms with E-state index in [1.54, 1.807) is 30.3 Å². The van der Waals surface area contributed by atoms with E-state index in [1.165, 1.54) is 19.2 Å². The Balaban J connectivity index is 2.37. The van der Waals surface area contributed by atoms with Gasteiger partial charge in [-0.1, -0.05) is 30.7 Å². The second-order valence-corrected chi connectivity index (χ2v) is 7.31. The molecule has 8 heteroatoms. The Morgan fingerprint density at radius 3 is 2.56 bits per heavy atom. The predicted molar refractivity (Wildman–Crippen MR) is 98.8 cm³/mol. The third-order valence-electron chi connectivity index (χ3n) is 3.33. The molecule has 134 valence electrons. The lowest BCUT2D eigenvalue weighted by Crippen LogP contribution is -2.16. The first-order valence-electron chi connectivity index (χ1n) is 7.62. The Kier molecular flexibility index (Phi) is 6.27. The summed E-state index contributed by atoms with van der Waals surface area (Å²) in [5, 5.41) is 2.94. The van der Waals surface area contributed by atoms with E-state index in [4.69, 9.17) is 16.3 Å². The number of halogens is 1. The lowest BCUT2D eigenvalue weighted by molar-refractivity contribution is -0.116. The molecule has 0 radical (unpaired) electrons. The summed E-state index contributed by atoms with van der Waals surface area (Å²) in [5.41, 5.74) is 0.630. The fourth-order valence-electron chi connectivity index (χ4n) is 2.16. The highest BCUT2D eigenvalue weighted by Gasteiger charge is 2.21. The van der Waals surface area contributed by atoms with E-state index in [-0.39, 0.29) is 27.3 Å². The molecule has 25 heavy (non-hydrogen) atoms. The summed E-state index contributed by atoms with van der Waals surface area (Å²) in [5.74, 6) is -0.0249. The van der Waals surface area contributed by atoms with Crippen molar-refractivity contribution >= 4 is 38.9 Å². The van der Waals surface area contributed by atoms with Crippen LogP contribution >= 0.6 is 11.6 Å². The van der Waals surface area contributed by atoms with Crippen molar-refractivity contribution in [1.82, 2.24) is 0 Å².